The van der Waals surface area contributed by atoms with E-state index in [1.165, 1.54) is 25.6 Å². The first-order valence-electron chi connectivity index (χ1n) is 10.2. The second kappa shape index (κ2) is 13.7. The fourth-order valence-corrected chi connectivity index (χ4v) is 3.25. The third-order valence-electron chi connectivity index (χ3n) is 4.68. The van der Waals surface area contributed by atoms with Gasteiger partial charge in [0.2, 0.25) is 17.7 Å². The minimum atomic E-state index is -1.32. The summed E-state index contributed by atoms with van der Waals surface area (Å²) in [5, 5.41) is 26.5. The lowest BCUT2D eigenvalue weighted by Gasteiger charge is -2.25. The van der Waals surface area contributed by atoms with E-state index in [2.05, 4.69) is 16.0 Å². The van der Waals surface area contributed by atoms with Crippen LogP contribution in [0.1, 0.15) is 25.8 Å². The Morgan fingerprint density at radius 3 is 2.16 bits per heavy atom. The van der Waals surface area contributed by atoms with Crippen molar-refractivity contribution in [2.45, 2.75) is 57.0 Å². The molecule has 0 aliphatic heterocycles. The van der Waals surface area contributed by atoms with Crippen LogP contribution in [-0.2, 0) is 25.6 Å². The molecule has 1 aromatic rings. The number of carboxylic acid groups (broad SMARTS) is 1. The Morgan fingerprint density at radius 1 is 1.00 bits per heavy atom. The number of thioether (sulfide) groups is 1. The first-order valence-corrected chi connectivity index (χ1v) is 11.6. The SMILES string of the molecule is CSCCC(N)C(=O)NC(C(=O)NC(C)C(=O)NC(Cc1ccccc1)C(=O)O)C(C)O. The van der Waals surface area contributed by atoms with Crippen LogP contribution in [0.2, 0.25) is 0 Å². The maximum absolute atomic E-state index is 12.6. The first kappa shape index (κ1) is 27.4. The van der Waals surface area contributed by atoms with Crippen molar-refractivity contribution in [1.82, 2.24) is 16.0 Å². The number of aliphatic carboxylic acids is 1. The molecule has 11 heteroatoms. The van der Waals surface area contributed by atoms with Gasteiger partial charge in [-0.3, -0.25) is 14.4 Å². The van der Waals surface area contributed by atoms with Crippen LogP contribution in [-0.4, -0.2) is 76.2 Å². The number of aliphatic hydroxyl groups excluding tert-OH is 1. The summed E-state index contributed by atoms with van der Waals surface area (Å²) < 4.78 is 0. The molecule has 0 saturated carbocycles. The molecule has 178 valence electrons. The topological polar surface area (TPSA) is 171 Å². The third kappa shape index (κ3) is 9.25. The Balaban J connectivity index is 2.72. The molecule has 1 aromatic carbocycles. The Kier molecular flexibility index (Phi) is 11.7. The molecule has 7 N–H and O–H groups in total. The highest BCUT2D eigenvalue weighted by atomic mass is 32.2. The Bertz CT molecular complexity index is 777. The van der Waals surface area contributed by atoms with Crippen molar-refractivity contribution < 1.29 is 29.4 Å². The van der Waals surface area contributed by atoms with Crippen molar-refractivity contribution in [3.05, 3.63) is 35.9 Å². The van der Waals surface area contributed by atoms with Gasteiger partial charge in [0.05, 0.1) is 12.1 Å². The molecule has 5 atom stereocenters. The summed E-state index contributed by atoms with van der Waals surface area (Å²) >= 11 is 1.52. The number of amides is 3. The second-order valence-electron chi connectivity index (χ2n) is 7.43. The first-order chi connectivity index (χ1) is 15.1. The summed E-state index contributed by atoms with van der Waals surface area (Å²) in [6.07, 6.45) is 1.10. The molecule has 0 bridgehead atoms. The van der Waals surface area contributed by atoms with E-state index in [1.807, 2.05) is 6.26 Å². The van der Waals surface area contributed by atoms with Crippen molar-refractivity contribution in [1.29, 1.82) is 0 Å². The smallest absolute Gasteiger partial charge is 0.326 e. The summed E-state index contributed by atoms with van der Waals surface area (Å²) in [6.45, 7) is 2.70. The quantitative estimate of drug-likeness (QED) is 0.219. The summed E-state index contributed by atoms with van der Waals surface area (Å²) in [7, 11) is 0. The van der Waals surface area contributed by atoms with Gasteiger partial charge in [-0.25, -0.2) is 4.79 Å². The van der Waals surface area contributed by atoms with Gasteiger partial charge in [0.1, 0.15) is 18.1 Å². The van der Waals surface area contributed by atoms with Gasteiger partial charge in [0.25, 0.3) is 0 Å². The van der Waals surface area contributed by atoms with Gasteiger partial charge < -0.3 is 31.9 Å². The molecule has 0 saturated heterocycles. The minimum Gasteiger partial charge on any atom is -0.480 e. The van der Waals surface area contributed by atoms with Gasteiger partial charge in [-0.15, -0.1) is 0 Å². The van der Waals surface area contributed by atoms with E-state index in [1.54, 1.807) is 30.3 Å². The van der Waals surface area contributed by atoms with Gasteiger partial charge in [-0.2, -0.15) is 11.8 Å². The zero-order chi connectivity index (χ0) is 24.3. The largest absolute Gasteiger partial charge is 0.480 e. The van der Waals surface area contributed by atoms with Crippen LogP contribution in [0.15, 0.2) is 30.3 Å². The number of nitrogens with one attached hydrogen (secondary N) is 3. The van der Waals surface area contributed by atoms with E-state index >= 15 is 0 Å². The summed E-state index contributed by atoms with van der Waals surface area (Å²) in [5.41, 5.74) is 6.52. The number of hydrogen-bond acceptors (Lipinski definition) is 7. The molecular formula is C21H32N4O6S. The van der Waals surface area contributed by atoms with Crippen LogP contribution in [0.5, 0.6) is 0 Å². The van der Waals surface area contributed by atoms with Gasteiger partial charge in [0, 0.05) is 6.42 Å². The molecule has 10 nitrogen and oxygen atoms in total. The molecule has 0 fully saturated rings. The monoisotopic (exact) mass is 468 g/mol. The fraction of sp³-hybridized carbons (Fsp3) is 0.524. The van der Waals surface area contributed by atoms with Crippen LogP contribution in [0.25, 0.3) is 0 Å². The summed E-state index contributed by atoms with van der Waals surface area (Å²) in [4.78, 5) is 48.8. The molecule has 1 rings (SSSR count). The average molecular weight is 469 g/mol. The Morgan fingerprint density at radius 2 is 1.62 bits per heavy atom. The van der Waals surface area contributed by atoms with E-state index in [0.717, 1.165) is 5.56 Å². The van der Waals surface area contributed by atoms with E-state index < -0.39 is 54.0 Å². The predicted octanol–water partition coefficient (Wildman–Crippen LogP) is -0.751. The minimum absolute atomic E-state index is 0.0723. The molecule has 0 aliphatic rings. The maximum atomic E-state index is 12.6. The standard InChI is InChI=1S/C21H32N4O6S/c1-12(18(27)24-16(21(30)31)11-14-7-5-4-6-8-14)23-20(29)17(13(2)26)25-19(28)15(22)9-10-32-3/h4-8,12-13,15-17,26H,9-11,22H2,1-3H3,(H,23,29)(H,24,27)(H,25,28)(H,30,31). The summed E-state index contributed by atoms with van der Waals surface area (Å²) in [5.74, 6) is -2.65. The van der Waals surface area contributed by atoms with E-state index in [4.69, 9.17) is 5.73 Å². The molecule has 3 amide bonds. The lowest BCUT2D eigenvalue weighted by Crippen LogP contribution is -2.59. The van der Waals surface area contributed by atoms with Crippen molar-refractivity contribution >= 4 is 35.5 Å². The van der Waals surface area contributed by atoms with Crippen molar-refractivity contribution in [3.63, 3.8) is 0 Å². The highest BCUT2D eigenvalue weighted by Crippen LogP contribution is 2.05. The molecule has 0 spiro atoms. The van der Waals surface area contributed by atoms with Gasteiger partial charge >= 0.3 is 5.97 Å². The van der Waals surface area contributed by atoms with Crippen LogP contribution >= 0.6 is 11.8 Å². The Labute approximate surface area is 191 Å². The normalized spacial score (nSPS) is 15.5. The number of carbonyl (C=O) groups excluding carboxylic acids is 3. The zero-order valence-electron chi connectivity index (χ0n) is 18.4. The van der Waals surface area contributed by atoms with Crippen LogP contribution in [0, 0.1) is 0 Å². The van der Waals surface area contributed by atoms with Crippen molar-refractivity contribution in [3.8, 4) is 0 Å². The van der Waals surface area contributed by atoms with Crippen molar-refractivity contribution in [2.24, 2.45) is 5.73 Å². The van der Waals surface area contributed by atoms with Crippen LogP contribution < -0.4 is 21.7 Å². The van der Waals surface area contributed by atoms with E-state index in [-0.39, 0.29) is 6.42 Å². The van der Waals surface area contributed by atoms with Gasteiger partial charge in [-0.05, 0) is 37.8 Å². The van der Waals surface area contributed by atoms with Crippen molar-refractivity contribution in [2.75, 3.05) is 12.0 Å². The highest BCUT2D eigenvalue weighted by molar-refractivity contribution is 7.98. The molecule has 0 heterocycles. The van der Waals surface area contributed by atoms with Crippen LogP contribution in [0.4, 0.5) is 0 Å². The highest BCUT2D eigenvalue weighted by Gasteiger charge is 2.30. The lowest BCUT2D eigenvalue weighted by molar-refractivity contribution is -0.142. The average Bonchev–Trinajstić information content (AvgIpc) is 2.75. The Hall–Kier alpha value is -2.63. The van der Waals surface area contributed by atoms with Crippen LogP contribution in [0.3, 0.4) is 0 Å². The third-order valence-corrected chi connectivity index (χ3v) is 5.33. The van der Waals surface area contributed by atoms with Gasteiger partial charge in [-0.1, -0.05) is 30.3 Å². The molecule has 0 radical (unpaired) electrons. The number of benzene rings is 1. The fourth-order valence-electron chi connectivity index (χ4n) is 2.76. The number of nitrogens with two attached hydrogens (primary N) is 1. The molecule has 0 aliphatic carbocycles. The maximum Gasteiger partial charge on any atom is 0.326 e. The molecule has 0 aromatic heterocycles. The number of carbonyl (C=O) groups is 4. The number of aliphatic hydroxyl groups is 1. The molecular weight excluding hydrogens is 436 g/mol. The molecule has 32 heavy (non-hydrogen) atoms. The number of hydrogen-bond donors (Lipinski definition) is 6. The number of rotatable bonds is 13. The van der Waals surface area contributed by atoms with Gasteiger partial charge in [0.15, 0.2) is 0 Å². The predicted molar refractivity (Wildman–Crippen MR) is 122 cm³/mol. The van der Waals surface area contributed by atoms with E-state index in [0.29, 0.717) is 12.2 Å². The zero-order valence-corrected chi connectivity index (χ0v) is 19.2. The lowest BCUT2D eigenvalue weighted by atomic mass is 10.1. The number of carboxylic acids is 1. The molecule has 5 unspecified atom stereocenters. The summed E-state index contributed by atoms with van der Waals surface area (Å²) in [6, 6.07) is 4.34. The van der Waals surface area contributed by atoms with E-state index in [9.17, 15) is 29.4 Å². The second-order valence-corrected chi connectivity index (χ2v) is 8.42.